The number of rotatable bonds is 5. The topological polar surface area (TPSA) is 74.3 Å². The smallest absolute Gasteiger partial charge is 0.211 e. The van der Waals surface area contributed by atoms with Gasteiger partial charge < -0.3 is 9.30 Å². The number of imidazole rings is 2. The summed E-state index contributed by atoms with van der Waals surface area (Å²) in [7, 11) is 1.57. The molecule has 2 aromatic carbocycles. The van der Waals surface area contributed by atoms with Crippen LogP contribution in [-0.2, 0) is 6.54 Å². The maximum absolute atomic E-state index is 13.0. The number of fused-ring (bicyclic) bond motifs is 3. The fourth-order valence-corrected chi connectivity index (χ4v) is 3.41. The molecule has 3 heterocycles. The molecule has 0 fully saturated rings. The summed E-state index contributed by atoms with van der Waals surface area (Å²) in [6.07, 6.45) is 4.94. The molecule has 3 aromatic heterocycles. The molecule has 0 aliphatic rings. The van der Waals surface area contributed by atoms with Crippen molar-refractivity contribution in [2.45, 2.75) is 6.54 Å². The summed E-state index contributed by atoms with van der Waals surface area (Å²) in [5.41, 5.74) is 4.11. The highest BCUT2D eigenvalue weighted by Gasteiger charge is 2.18. The molecule has 0 N–H and O–H groups in total. The molecule has 0 radical (unpaired) electrons. The molecule has 0 spiro atoms. The third-order valence-electron chi connectivity index (χ3n) is 4.87. The van der Waals surface area contributed by atoms with Crippen LogP contribution in [0.25, 0.3) is 16.8 Å². The van der Waals surface area contributed by atoms with Crippen LogP contribution in [0.5, 0.6) is 5.75 Å². The van der Waals surface area contributed by atoms with Gasteiger partial charge in [-0.2, -0.15) is 0 Å². The number of nitrogens with zero attached hydrogens (tertiary/aromatic N) is 5. The second-order valence-corrected chi connectivity index (χ2v) is 6.67. The van der Waals surface area contributed by atoms with Crippen molar-refractivity contribution in [3.63, 3.8) is 0 Å². The first-order chi connectivity index (χ1) is 14.2. The summed E-state index contributed by atoms with van der Waals surface area (Å²) in [5, 5.41) is 0. The molecule has 29 heavy (non-hydrogen) atoms. The predicted octanol–water partition coefficient (Wildman–Crippen LogP) is 3.37. The van der Waals surface area contributed by atoms with E-state index >= 15 is 0 Å². The number of methoxy groups -OCH3 is 1. The summed E-state index contributed by atoms with van der Waals surface area (Å²) >= 11 is 0. The molecule has 0 aliphatic carbocycles. The van der Waals surface area contributed by atoms with Crippen molar-refractivity contribution in [1.82, 2.24) is 23.9 Å². The van der Waals surface area contributed by atoms with Crippen LogP contribution < -0.4 is 4.74 Å². The number of ketones is 1. The highest BCUT2D eigenvalue weighted by atomic mass is 16.5. The van der Waals surface area contributed by atoms with Gasteiger partial charge in [-0.25, -0.2) is 15.0 Å². The highest BCUT2D eigenvalue weighted by Crippen LogP contribution is 2.21. The van der Waals surface area contributed by atoms with Crippen LogP contribution in [-0.4, -0.2) is 36.8 Å². The largest absolute Gasteiger partial charge is 0.497 e. The lowest BCUT2D eigenvalue weighted by molar-refractivity contribution is 0.103. The molecule has 0 unspecified atom stereocenters. The van der Waals surface area contributed by atoms with E-state index in [-0.39, 0.29) is 5.78 Å². The second-order valence-electron chi connectivity index (χ2n) is 6.67. The lowest BCUT2D eigenvalue weighted by atomic mass is 10.1. The Kier molecular flexibility index (Phi) is 4.05. The van der Waals surface area contributed by atoms with Crippen molar-refractivity contribution < 1.29 is 9.53 Å². The number of hydrogen-bond acceptors (Lipinski definition) is 5. The molecule has 142 valence electrons. The Balaban J connectivity index is 1.56. The highest BCUT2D eigenvalue weighted by molar-refractivity contribution is 6.09. The van der Waals surface area contributed by atoms with Crippen LogP contribution in [0.4, 0.5) is 0 Å². The lowest BCUT2D eigenvalue weighted by Gasteiger charge is -2.05. The van der Waals surface area contributed by atoms with Gasteiger partial charge in [-0.05, 0) is 17.7 Å². The first-order valence-corrected chi connectivity index (χ1v) is 9.14. The second kappa shape index (κ2) is 6.87. The maximum Gasteiger partial charge on any atom is 0.211 e. The molecule has 5 aromatic rings. The monoisotopic (exact) mass is 383 g/mol. The quantitative estimate of drug-likeness (QED) is 0.435. The van der Waals surface area contributed by atoms with E-state index in [1.807, 2.05) is 22.8 Å². The first kappa shape index (κ1) is 17.1. The van der Waals surface area contributed by atoms with Crippen molar-refractivity contribution in [3.05, 3.63) is 90.3 Å². The van der Waals surface area contributed by atoms with Crippen molar-refractivity contribution in [2.24, 2.45) is 0 Å². The number of carbonyl (C=O) groups excluding carboxylic acids is 1. The number of hydrogen-bond donors (Lipinski definition) is 0. The van der Waals surface area contributed by atoms with Gasteiger partial charge in [0.15, 0.2) is 16.8 Å². The van der Waals surface area contributed by atoms with Gasteiger partial charge in [0.1, 0.15) is 17.8 Å². The van der Waals surface area contributed by atoms with Gasteiger partial charge in [-0.1, -0.05) is 42.5 Å². The molecule has 0 amide bonds. The average molecular weight is 383 g/mol. The van der Waals surface area contributed by atoms with Crippen LogP contribution in [0, 0.1) is 0 Å². The van der Waals surface area contributed by atoms with E-state index in [0.717, 1.165) is 11.2 Å². The van der Waals surface area contributed by atoms with E-state index in [0.29, 0.717) is 34.7 Å². The van der Waals surface area contributed by atoms with E-state index in [1.54, 1.807) is 54.6 Å². The van der Waals surface area contributed by atoms with Gasteiger partial charge in [-0.15, -0.1) is 0 Å². The molecule has 0 bridgehead atoms. The van der Waals surface area contributed by atoms with E-state index in [4.69, 9.17) is 4.74 Å². The summed E-state index contributed by atoms with van der Waals surface area (Å²) < 4.78 is 8.88. The number of aromatic nitrogens is 5. The van der Waals surface area contributed by atoms with E-state index in [9.17, 15) is 4.79 Å². The fourth-order valence-electron chi connectivity index (χ4n) is 3.41. The van der Waals surface area contributed by atoms with E-state index in [1.165, 1.54) is 0 Å². The van der Waals surface area contributed by atoms with Crippen LogP contribution in [0.1, 0.15) is 21.6 Å². The molecule has 0 saturated heterocycles. The number of ether oxygens (including phenoxy) is 1. The van der Waals surface area contributed by atoms with Crippen molar-refractivity contribution in [2.75, 3.05) is 7.11 Å². The average Bonchev–Trinajstić information content (AvgIpc) is 3.38. The Labute approximate surface area is 166 Å². The molecule has 0 atom stereocenters. The van der Waals surface area contributed by atoms with Crippen LogP contribution in [0.3, 0.4) is 0 Å². The molecule has 0 aliphatic heterocycles. The zero-order valence-electron chi connectivity index (χ0n) is 15.7. The zero-order valence-corrected chi connectivity index (χ0v) is 15.7. The van der Waals surface area contributed by atoms with E-state index in [2.05, 4.69) is 27.1 Å². The van der Waals surface area contributed by atoms with Gasteiger partial charge >= 0.3 is 0 Å². The first-order valence-electron chi connectivity index (χ1n) is 9.14. The van der Waals surface area contributed by atoms with Gasteiger partial charge in [0.25, 0.3) is 0 Å². The van der Waals surface area contributed by atoms with Crippen LogP contribution in [0.2, 0.25) is 0 Å². The minimum atomic E-state index is -0.152. The summed E-state index contributed by atoms with van der Waals surface area (Å²) in [5.74, 6) is 0.478. The van der Waals surface area contributed by atoms with E-state index < -0.39 is 0 Å². The SMILES string of the molecule is COc1cccc(C(=O)c2cnc3c4ncn(Cc5ccccc5)c4ncn23)c1. The predicted molar refractivity (Wildman–Crippen MR) is 108 cm³/mol. The van der Waals surface area contributed by atoms with Gasteiger partial charge in [0.05, 0.1) is 26.2 Å². The van der Waals surface area contributed by atoms with Gasteiger partial charge in [0, 0.05) is 5.56 Å². The Hall–Kier alpha value is -4.00. The number of benzene rings is 2. The van der Waals surface area contributed by atoms with Crippen LogP contribution >= 0.6 is 0 Å². The Morgan fingerprint density at radius 3 is 2.66 bits per heavy atom. The van der Waals surface area contributed by atoms with Crippen molar-refractivity contribution >= 4 is 22.6 Å². The molecular formula is C22H17N5O2. The Bertz CT molecular complexity index is 1340. The standard InChI is InChI=1S/C22H17N5O2/c1-29-17-9-5-8-16(10-17)20(28)18-11-23-22-19-21(25-14-27(18)22)26(13-24-19)12-15-6-3-2-4-7-15/h2-11,13-14H,12H2,1H3. The summed E-state index contributed by atoms with van der Waals surface area (Å²) in [6, 6.07) is 17.2. The summed E-state index contributed by atoms with van der Waals surface area (Å²) in [4.78, 5) is 26.5. The molecule has 7 heteroatoms. The van der Waals surface area contributed by atoms with Gasteiger partial charge in [-0.3, -0.25) is 9.20 Å². The van der Waals surface area contributed by atoms with Crippen molar-refractivity contribution in [1.29, 1.82) is 0 Å². The molecule has 5 rings (SSSR count). The molecule has 7 nitrogen and oxygen atoms in total. The third kappa shape index (κ3) is 2.93. The van der Waals surface area contributed by atoms with Gasteiger partial charge in [0.2, 0.25) is 5.78 Å². The van der Waals surface area contributed by atoms with Crippen molar-refractivity contribution in [3.8, 4) is 5.75 Å². The minimum absolute atomic E-state index is 0.152. The normalized spacial score (nSPS) is 11.2. The fraction of sp³-hybridized carbons (Fsp3) is 0.0909. The zero-order chi connectivity index (χ0) is 19.8. The third-order valence-corrected chi connectivity index (χ3v) is 4.87. The molecular weight excluding hydrogens is 366 g/mol. The lowest BCUT2D eigenvalue weighted by Crippen LogP contribution is -2.06. The Morgan fingerprint density at radius 2 is 1.83 bits per heavy atom. The number of carbonyl (C=O) groups is 1. The minimum Gasteiger partial charge on any atom is -0.497 e. The summed E-state index contributed by atoms with van der Waals surface area (Å²) in [6.45, 7) is 0.664. The molecule has 0 saturated carbocycles. The Morgan fingerprint density at radius 1 is 0.966 bits per heavy atom. The maximum atomic E-state index is 13.0. The van der Waals surface area contributed by atoms with Crippen LogP contribution in [0.15, 0.2) is 73.4 Å².